The van der Waals surface area contributed by atoms with Crippen molar-refractivity contribution in [3.05, 3.63) is 83.9 Å². The van der Waals surface area contributed by atoms with Crippen molar-refractivity contribution in [1.29, 1.82) is 0 Å². The molecule has 0 amide bonds. The van der Waals surface area contributed by atoms with Crippen LogP contribution in [-0.4, -0.2) is 30.4 Å². The highest BCUT2D eigenvalue weighted by molar-refractivity contribution is 6.00. The number of rotatable bonds is 17. The zero-order valence-corrected chi connectivity index (χ0v) is 24.5. The molecule has 218 valence electrons. The van der Waals surface area contributed by atoms with Crippen molar-refractivity contribution >= 4 is 17.7 Å². The highest BCUT2D eigenvalue weighted by atomic mass is 16.5. The van der Waals surface area contributed by atoms with E-state index in [9.17, 15) is 14.4 Å². The largest absolute Gasteiger partial charge is 0.494 e. The van der Waals surface area contributed by atoms with E-state index in [0.29, 0.717) is 23.3 Å². The van der Waals surface area contributed by atoms with Gasteiger partial charge in [-0.15, -0.1) is 0 Å². The Labute approximate surface area is 244 Å². The molecule has 0 N–H and O–H groups in total. The molecule has 0 saturated carbocycles. The molecule has 3 aromatic carbocycles. The van der Waals surface area contributed by atoms with E-state index in [2.05, 4.69) is 6.92 Å². The number of benzene rings is 3. The Hall–Kier alpha value is -3.93. The Balaban J connectivity index is 1.48. The Morgan fingerprint density at radius 1 is 0.634 bits per heavy atom. The predicted octanol–water partition coefficient (Wildman–Crippen LogP) is 8.62. The van der Waals surface area contributed by atoms with Gasteiger partial charge in [0, 0.05) is 12.0 Å². The fourth-order valence-corrected chi connectivity index (χ4v) is 4.33. The zero-order valence-electron chi connectivity index (χ0n) is 24.5. The van der Waals surface area contributed by atoms with E-state index in [1.165, 1.54) is 32.1 Å². The van der Waals surface area contributed by atoms with Crippen LogP contribution in [0.2, 0.25) is 0 Å². The molecule has 0 radical (unpaired) electrons. The highest BCUT2D eigenvalue weighted by Crippen LogP contribution is 2.24. The molecule has 0 aromatic heterocycles. The molecular formula is C35H42O6. The molecule has 0 aliphatic carbocycles. The standard InChI is InChI=1S/C35H42O6/c1-4-6-8-9-10-11-25-39-31-21-17-28(18-22-31)27-13-15-30(16-14-27)35(38)41-32-23-19-29(20-24-32)34(37)26(3)40-33(36)12-7-5-2/h13-24,26H,4-12,25H2,1-3H3/t26-/m0/s1. The quantitative estimate of drug-likeness (QED) is 0.0714. The molecule has 3 aromatic rings. The molecule has 0 aliphatic heterocycles. The second kappa shape index (κ2) is 17.0. The highest BCUT2D eigenvalue weighted by Gasteiger charge is 2.19. The summed E-state index contributed by atoms with van der Waals surface area (Å²) in [5.41, 5.74) is 2.81. The number of hydrogen-bond acceptors (Lipinski definition) is 6. The Morgan fingerprint density at radius 2 is 1.17 bits per heavy atom. The van der Waals surface area contributed by atoms with Gasteiger partial charge in [0.2, 0.25) is 5.78 Å². The van der Waals surface area contributed by atoms with E-state index in [-0.39, 0.29) is 11.8 Å². The molecule has 0 saturated heterocycles. The van der Waals surface area contributed by atoms with Crippen molar-refractivity contribution in [1.82, 2.24) is 0 Å². The van der Waals surface area contributed by atoms with Crippen molar-refractivity contribution in [2.75, 3.05) is 6.61 Å². The minimum Gasteiger partial charge on any atom is -0.494 e. The first-order valence-electron chi connectivity index (χ1n) is 14.8. The second-order valence-electron chi connectivity index (χ2n) is 10.2. The molecule has 6 nitrogen and oxygen atoms in total. The van der Waals surface area contributed by atoms with Crippen LogP contribution < -0.4 is 9.47 Å². The molecule has 1 atom stereocenters. The molecule has 0 bridgehead atoms. The normalized spacial score (nSPS) is 11.5. The summed E-state index contributed by atoms with van der Waals surface area (Å²) in [5.74, 6) is -0.000420. The maximum absolute atomic E-state index is 12.7. The van der Waals surface area contributed by atoms with Crippen LogP contribution in [0.4, 0.5) is 0 Å². The first-order chi connectivity index (χ1) is 19.9. The number of ketones is 1. The van der Waals surface area contributed by atoms with Crippen LogP contribution in [-0.2, 0) is 9.53 Å². The molecule has 0 unspecified atom stereocenters. The Kier molecular flexibility index (Phi) is 13.1. The monoisotopic (exact) mass is 558 g/mol. The van der Waals surface area contributed by atoms with Crippen molar-refractivity contribution in [2.45, 2.75) is 84.7 Å². The van der Waals surface area contributed by atoms with Crippen LogP contribution in [0.5, 0.6) is 11.5 Å². The lowest BCUT2D eigenvalue weighted by molar-refractivity contribution is -0.146. The van der Waals surface area contributed by atoms with Gasteiger partial charge in [-0.2, -0.15) is 0 Å². The van der Waals surface area contributed by atoms with Crippen LogP contribution in [0.3, 0.4) is 0 Å². The van der Waals surface area contributed by atoms with E-state index in [1.807, 2.05) is 43.3 Å². The van der Waals surface area contributed by atoms with Gasteiger partial charge in [-0.1, -0.05) is 76.6 Å². The van der Waals surface area contributed by atoms with Gasteiger partial charge >= 0.3 is 11.9 Å². The predicted molar refractivity (Wildman–Crippen MR) is 162 cm³/mol. The van der Waals surface area contributed by atoms with Crippen molar-refractivity contribution in [3.63, 3.8) is 0 Å². The summed E-state index contributed by atoms with van der Waals surface area (Å²) in [6.07, 6.45) is 8.44. The lowest BCUT2D eigenvalue weighted by Gasteiger charge is -2.12. The van der Waals surface area contributed by atoms with Gasteiger partial charge in [0.1, 0.15) is 11.5 Å². The number of carbonyl (C=O) groups is 3. The number of hydrogen-bond donors (Lipinski definition) is 0. The number of unbranched alkanes of at least 4 members (excludes halogenated alkanes) is 6. The van der Waals surface area contributed by atoms with E-state index in [0.717, 1.165) is 42.7 Å². The van der Waals surface area contributed by atoms with Gasteiger partial charge < -0.3 is 14.2 Å². The van der Waals surface area contributed by atoms with Crippen LogP contribution in [0.15, 0.2) is 72.8 Å². The number of ether oxygens (including phenoxy) is 3. The van der Waals surface area contributed by atoms with E-state index >= 15 is 0 Å². The summed E-state index contributed by atoms with van der Waals surface area (Å²) in [7, 11) is 0. The summed E-state index contributed by atoms with van der Waals surface area (Å²) in [4.78, 5) is 37.1. The Bertz CT molecular complexity index is 1230. The maximum Gasteiger partial charge on any atom is 0.343 e. The number of esters is 2. The molecule has 41 heavy (non-hydrogen) atoms. The molecule has 0 aliphatic rings. The minimum atomic E-state index is -0.875. The fraction of sp³-hybridized carbons (Fsp3) is 0.400. The molecule has 0 fully saturated rings. The smallest absolute Gasteiger partial charge is 0.343 e. The summed E-state index contributed by atoms with van der Waals surface area (Å²) < 4.78 is 16.6. The summed E-state index contributed by atoms with van der Waals surface area (Å²) in [6, 6.07) is 21.4. The van der Waals surface area contributed by atoms with Gasteiger partial charge in [0.25, 0.3) is 0 Å². The molecule has 3 rings (SSSR count). The molecular weight excluding hydrogens is 516 g/mol. The van der Waals surface area contributed by atoms with Crippen LogP contribution in [0.25, 0.3) is 11.1 Å². The topological polar surface area (TPSA) is 78.9 Å². The van der Waals surface area contributed by atoms with Crippen molar-refractivity contribution in [2.24, 2.45) is 0 Å². The lowest BCUT2D eigenvalue weighted by Crippen LogP contribution is -2.24. The van der Waals surface area contributed by atoms with Gasteiger partial charge in [-0.3, -0.25) is 9.59 Å². The summed E-state index contributed by atoms with van der Waals surface area (Å²) in [5, 5.41) is 0. The van der Waals surface area contributed by atoms with Gasteiger partial charge in [-0.25, -0.2) is 4.79 Å². The zero-order chi connectivity index (χ0) is 29.5. The third-order valence-corrected chi connectivity index (χ3v) is 6.84. The number of carbonyl (C=O) groups excluding carboxylic acids is 3. The second-order valence-corrected chi connectivity index (χ2v) is 10.2. The van der Waals surface area contributed by atoms with Crippen LogP contribution >= 0.6 is 0 Å². The minimum absolute atomic E-state index is 0.296. The van der Waals surface area contributed by atoms with Gasteiger partial charge in [0.15, 0.2) is 6.10 Å². The van der Waals surface area contributed by atoms with Crippen LogP contribution in [0.1, 0.15) is 99.3 Å². The Morgan fingerprint density at radius 3 is 1.80 bits per heavy atom. The van der Waals surface area contributed by atoms with Crippen LogP contribution in [0, 0.1) is 0 Å². The van der Waals surface area contributed by atoms with Crippen molar-refractivity contribution < 1.29 is 28.6 Å². The van der Waals surface area contributed by atoms with E-state index < -0.39 is 12.1 Å². The molecule has 6 heteroatoms. The third-order valence-electron chi connectivity index (χ3n) is 6.84. The maximum atomic E-state index is 12.7. The first-order valence-corrected chi connectivity index (χ1v) is 14.8. The first kappa shape index (κ1) is 31.6. The van der Waals surface area contributed by atoms with E-state index in [4.69, 9.17) is 14.2 Å². The molecule has 0 heterocycles. The lowest BCUT2D eigenvalue weighted by atomic mass is 10.0. The number of Topliss-reactive ketones (excluding diaryl/α,β-unsaturated/α-hetero) is 1. The summed E-state index contributed by atoms with van der Waals surface area (Å²) in [6.45, 7) is 6.50. The van der Waals surface area contributed by atoms with Gasteiger partial charge in [-0.05, 0) is 79.4 Å². The fourth-order valence-electron chi connectivity index (χ4n) is 4.33. The summed E-state index contributed by atoms with van der Waals surface area (Å²) >= 11 is 0. The van der Waals surface area contributed by atoms with E-state index in [1.54, 1.807) is 43.3 Å². The average molecular weight is 559 g/mol. The molecule has 0 spiro atoms. The third kappa shape index (κ3) is 10.5. The van der Waals surface area contributed by atoms with Crippen molar-refractivity contribution in [3.8, 4) is 22.6 Å². The van der Waals surface area contributed by atoms with Gasteiger partial charge in [0.05, 0.1) is 12.2 Å². The SMILES string of the molecule is CCCCCCCCOc1ccc(-c2ccc(C(=O)Oc3ccc(C(=O)[C@H](C)OC(=O)CCCC)cc3)cc2)cc1. The average Bonchev–Trinajstić information content (AvgIpc) is 3.00.